The van der Waals surface area contributed by atoms with Crippen LogP contribution in [0, 0.1) is 0 Å². The van der Waals surface area contributed by atoms with Crippen molar-refractivity contribution in [1.29, 1.82) is 0 Å². The van der Waals surface area contributed by atoms with E-state index in [0.29, 0.717) is 23.7 Å². The number of fused-ring (bicyclic) bond motifs is 11. The molecule has 0 spiro atoms. The molecule has 454 valence electrons. The van der Waals surface area contributed by atoms with Crippen molar-refractivity contribution in [3.8, 4) is 61.6 Å². The fraction of sp³-hybridized carbons (Fsp3) is 0.178. The van der Waals surface area contributed by atoms with Crippen LogP contribution in [0.5, 0.6) is 0 Å². The molecule has 0 amide bonds. The highest BCUT2D eigenvalue weighted by Crippen LogP contribution is 2.46. The smallest absolute Gasteiger partial charge is 0.0541 e. The van der Waals surface area contributed by atoms with Crippen LogP contribution in [0.1, 0.15) is 127 Å². The van der Waals surface area contributed by atoms with Gasteiger partial charge < -0.3 is 13.7 Å². The van der Waals surface area contributed by atoms with E-state index in [0.717, 1.165) is 31.4 Å². The first kappa shape index (κ1) is 57.9. The van der Waals surface area contributed by atoms with Gasteiger partial charge in [0.25, 0.3) is 0 Å². The predicted octanol–water partition coefficient (Wildman–Crippen LogP) is 26.0. The molecule has 3 heterocycles. The summed E-state index contributed by atoms with van der Waals surface area (Å²) in [6.45, 7) is 18.6. The molecule has 0 N–H and O–H groups in total. The summed E-state index contributed by atoms with van der Waals surface area (Å²) in [6.07, 6.45) is 4.46. The van der Waals surface area contributed by atoms with E-state index in [2.05, 4.69) is 330 Å². The van der Waals surface area contributed by atoms with Crippen LogP contribution in [-0.4, -0.2) is 13.7 Å². The zero-order valence-corrected chi connectivity index (χ0v) is 54.8. The SMILES string of the molecule is CCC(C)c1ccc2c(c1)c1cc(C(C)CC)ccc1n2-c1ccc(-c2ccc3c(c2)c2cc(-c4ccc(-n5c6ccc(C(C)CC)cc6c6cc(C(C)CC)ccc65)cc4)ccc2n3-c2ccc(-c3c4ccccc4c(-c4ccccc4)c4ccccc34)cc2)cc1. The molecule has 0 bridgehead atoms. The van der Waals surface area contributed by atoms with Gasteiger partial charge in [0.05, 0.1) is 33.1 Å². The van der Waals surface area contributed by atoms with Gasteiger partial charge in [0.2, 0.25) is 0 Å². The third-order valence-electron chi connectivity index (χ3n) is 21.4. The van der Waals surface area contributed by atoms with Gasteiger partial charge in [-0.05, 0) is 247 Å². The summed E-state index contributed by atoms with van der Waals surface area (Å²) in [7, 11) is 0. The van der Waals surface area contributed by atoms with Crippen LogP contribution in [0.2, 0.25) is 0 Å². The maximum Gasteiger partial charge on any atom is 0.0541 e. The summed E-state index contributed by atoms with van der Waals surface area (Å²) in [5, 5.41) is 12.8. The lowest BCUT2D eigenvalue weighted by atomic mass is 9.86. The molecular weight excluding hydrogens is 1120 g/mol. The van der Waals surface area contributed by atoms with Crippen LogP contribution in [0.15, 0.2) is 261 Å². The molecule has 4 unspecified atom stereocenters. The fourth-order valence-corrected chi connectivity index (χ4v) is 15.2. The summed E-state index contributed by atoms with van der Waals surface area (Å²) < 4.78 is 7.43. The van der Waals surface area contributed by atoms with Gasteiger partial charge >= 0.3 is 0 Å². The molecule has 3 heteroatoms. The zero-order valence-electron chi connectivity index (χ0n) is 54.8. The van der Waals surface area contributed by atoms with Gasteiger partial charge in [0.1, 0.15) is 0 Å². The van der Waals surface area contributed by atoms with Crippen LogP contribution < -0.4 is 0 Å². The second-order valence-corrected chi connectivity index (χ2v) is 26.7. The summed E-state index contributed by atoms with van der Waals surface area (Å²) in [6, 6.07) is 99.6. The molecule has 0 radical (unpaired) electrons. The predicted molar refractivity (Wildman–Crippen MR) is 401 cm³/mol. The van der Waals surface area contributed by atoms with Crippen LogP contribution >= 0.6 is 0 Å². The van der Waals surface area contributed by atoms with Crippen molar-refractivity contribution >= 4 is 87.0 Å². The van der Waals surface area contributed by atoms with Crippen molar-refractivity contribution < 1.29 is 0 Å². The fourth-order valence-electron chi connectivity index (χ4n) is 15.2. The van der Waals surface area contributed by atoms with Crippen molar-refractivity contribution in [3.63, 3.8) is 0 Å². The van der Waals surface area contributed by atoms with Crippen molar-refractivity contribution in [2.75, 3.05) is 0 Å². The molecule has 3 aromatic heterocycles. The topological polar surface area (TPSA) is 14.8 Å². The monoisotopic (exact) mass is 1200 g/mol. The lowest BCUT2D eigenvalue weighted by Crippen LogP contribution is -1.96. The normalized spacial score (nSPS) is 13.4. The Hall–Kier alpha value is -10.2. The summed E-state index contributed by atoms with van der Waals surface area (Å²) >= 11 is 0. The van der Waals surface area contributed by atoms with Gasteiger partial charge in [-0.2, -0.15) is 0 Å². The van der Waals surface area contributed by atoms with E-state index >= 15 is 0 Å². The van der Waals surface area contributed by atoms with Crippen molar-refractivity contribution in [3.05, 3.63) is 283 Å². The highest BCUT2D eigenvalue weighted by Gasteiger charge is 2.22. The minimum atomic E-state index is 0.497. The Balaban J connectivity index is 0.824. The molecule has 93 heavy (non-hydrogen) atoms. The summed E-state index contributed by atoms with van der Waals surface area (Å²) in [5.74, 6) is 1.99. The molecule has 0 fully saturated rings. The van der Waals surface area contributed by atoms with E-state index in [1.165, 1.54) is 165 Å². The second kappa shape index (κ2) is 23.5. The maximum atomic E-state index is 2.48. The van der Waals surface area contributed by atoms with Gasteiger partial charge in [0, 0.05) is 49.4 Å². The summed E-state index contributed by atoms with van der Waals surface area (Å²) in [5.41, 5.74) is 26.1. The van der Waals surface area contributed by atoms with Crippen LogP contribution in [0.4, 0.5) is 0 Å². The summed E-state index contributed by atoms with van der Waals surface area (Å²) in [4.78, 5) is 0. The first-order valence-corrected chi connectivity index (χ1v) is 34.1. The third-order valence-corrected chi connectivity index (χ3v) is 21.4. The lowest BCUT2D eigenvalue weighted by molar-refractivity contribution is 0.734. The van der Waals surface area contributed by atoms with Crippen molar-refractivity contribution in [2.45, 2.75) is 105 Å². The number of benzene rings is 13. The van der Waals surface area contributed by atoms with E-state index in [9.17, 15) is 0 Å². The van der Waals surface area contributed by atoms with E-state index in [1.54, 1.807) is 0 Å². The largest absolute Gasteiger partial charge is 0.309 e. The standard InChI is InChI=1S/C90H79N3/c1-9-56(5)64-32-44-83-77(50-64)78-51-65(57(6)10-2)33-45-84(78)91(83)70-38-26-60(27-39-70)68-36-48-87-81(54-68)82-55-69(61-28-40-71(41-29-61)92-85-46-34-66(58(7)11-3)52-79(85)80-53-67(59(8)12-4)35-47-86(80)92)37-49-88(82)93(87)72-42-30-63(31-43-72)90-75-24-18-16-22-73(75)89(62-20-14-13-15-21-62)74-23-17-19-25-76(74)90/h13-59H,9-12H2,1-8H3. The van der Waals surface area contributed by atoms with Crippen molar-refractivity contribution in [1.82, 2.24) is 13.7 Å². The first-order valence-electron chi connectivity index (χ1n) is 34.1. The molecular formula is C90H79N3. The number of aromatic nitrogens is 3. The Morgan fingerprint density at radius 2 is 0.452 bits per heavy atom. The van der Waals surface area contributed by atoms with Crippen molar-refractivity contribution in [2.24, 2.45) is 0 Å². The first-order chi connectivity index (χ1) is 45.6. The van der Waals surface area contributed by atoms with Gasteiger partial charge in [-0.25, -0.2) is 0 Å². The lowest BCUT2D eigenvalue weighted by Gasteiger charge is -2.18. The zero-order chi connectivity index (χ0) is 63.2. The molecule has 0 aliphatic rings. The molecule has 3 nitrogen and oxygen atoms in total. The Morgan fingerprint density at radius 1 is 0.215 bits per heavy atom. The number of hydrogen-bond acceptors (Lipinski definition) is 0. The Kier molecular flexibility index (Phi) is 14.6. The van der Waals surface area contributed by atoms with Gasteiger partial charge in [0.15, 0.2) is 0 Å². The van der Waals surface area contributed by atoms with E-state index in [-0.39, 0.29) is 0 Å². The highest BCUT2D eigenvalue weighted by atomic mass is 15.0. The molecule has 0 aliphatic heterocycles. The molecule has 0 aliphatic carbocycles. The van der Waals surface area contributed by atoms with Crippen LogP contribution in [0.25, 0.3) is 149 Å². The second-order valence-electron chi connectivity index (χ2n) is 26.7. The molecule has 16 rings (SSSR count). The van der Waals surface area contributed by atoms with Crippen LogP contribution in [0.3, 0.4) is 0 Å². The molecule has 16 aromatic rings. The molecule has 13 aromatic carbocycles. The van der Waals surface area contributed by atoms with E-state index in [4.69, 9.17) is 0 Å². The average Bonchev–Trinajstić information content (AvgIpc) is 1.75. The quantitative estimate of drug-likeness (QED) is 0.0909. The van der Waals surface area contributed by atoms with E-state index < -0.39 is 0 Å². The number of nitrogens with zero attached hydrogens (tertiary/aromatic N) is 3. The number of rotatable bonds is 15. The minimum absolute atomic E-state index is 0.497. The van der Waals surface area contributed by atoms with Gasteiger partial charge in [-0.15, -0.1) is 0 Å². The van der Waals surface area contributed by atoms with Gasteiger partial charge in [-0.1, -0.05) is 207 Å². The minimum Gasteiger partial charge on any atom is -0.309 e. The van der Waals surface area contributed by atoms with Crippen LogP contribution in [-0.2, 0) is 0 Å². The average molecular weight is 1200 g/mol. The van der Waals surface area contributed by atoms with Gasteiger partial charge in [-0.3, -0.25) is 0 Å². The molecule has 4 atom stereocenters. The molecule has 0 saturated heterocycles. The Labute approximate surface area is 546 Å². The number of hydrogen-bond donors (Lipinski definition) is 0. The van der Waals surface area contributed by atoms with E-state index in [1.807, 2.05) is 0 Å². The highest BCUT2D eigenvalue weighted by molar-refractivity contribution is 6.22. The molecule has 0 saturated carbocycles. The Bertz CT molecular complexity index is 5100. The Morgan fingerprint density at radius 3 is 0.742 bits per heavy atom. The third kappa shape index (κ3) is 9.69. The maximum absolute atomic E-state index is 2.48.